The number of hydrogen-bond acceptors (Lipinski definition) is 2. The van der Waals surface area contributed by atoms with E-state index in [-0.39, 0.29) is 5.78 Å². The number of nitrogens with zero attached hydrogens (tertiary/aromatic N) is 1. The van der Waals surface area contributed by atoms with Crippen molar-refractivity contribution in [1.29, 1.82) is 0 Å². The van der Waals surface area contributed by atoms with Gasteiger partial charge in [0.15, 0.2) is 5.78 Å². The second kappa shape index (κ2) is 5.44. The summed E-state index contributed by atoms with van der Waals surface area (Å²) < 4.78 is 7.33. The van der Waals surface area contributed by atoms with Gasteiger partial charge in [-0.15, -0.1) is 0 Å². The Labute approximate surface area is 123 Å². The van der Waals surface area contributed by atoms with Gasteiger partial charge in [0.2, 0.25) is 0 Å². The van der Waals surface area contributed by atoms with Gasteiger partial charge in [-0.1, -0.05) is 30.3 Å². The van der Waals surface area contributed by atoms with Crippen LogP contribution in [-0.4, -0.2) is 17.5 Å². The molecule has 0 aliphatic rings. The van der Waals surface area contributed by atoms with E-state index in [2.05, 4.69) is 0 Å². The van der Waals surface area contributed by atoms with E-state index < -0.39 is 0 Å². The maximum absolute atomic E-state index is 12.4. The summed E-state index contributed by atoms with van der Waals surface area (Å²) in [4.78, 5) is 12.4. The SMILES string of the molecule is COc1ccc2c(c1)c(CC(=O)c1ccccc1)cn2C. The average molecular weight is 279 g/mol. The summed E-state index contributed by atoms with van der Waals surface area (Å²) in [7, 11) is 3.64. The molecule has 0 saturated carbocycles. The normalized spacial score (nSPS) is 10.8. The number of benzene rings is 2. The number of ketones is 1. The largest absolute Gasteiger partial charge is 0.497 e. The van der Waals surface area contributed by atoms with E-state index in [0.29, 0.717) is 6.42 Å². The minimum atomic E-state index is 0.130. The Kier molecular flexibility index (Phi) is 3.48. The molecule has 0 bridgehead atoms. The van der Waals surface area contributed by atoms with Crippen LogP contribution >= 0.6 is 0 Å². The van der Waals surface area contributed by atoms with Crippen LogP contribution in [0, 0.1) is 0 Å². The van der Waals surface area contributed by atoms with Crippen LogP contribution < -0.4 is 4.74 Å². The Morgan fingerprint density at radius 3 is 2.62 bits per heavy atom. The molecule has 0 aliphatic heterocycles. The van der Waals surface area contributed by atoms with Crippen LogP contribution in [0.5, 0.6) is 5.75 Å². The molecule has 106 valence electrons. The van der Waals surface area contributed by atoms with Gasteiger partial charge in [0.05, 0.1) is 7.11 Å². The van der Waals surface area contributed by atoms with Crippen LogP contribution in [0.1, 0.15) is 15.9 Å². The number of aryl methyl sites for hydroxylation is 1. The Balaban J connectivity index is 1.99. The number of Topliss-reactive ketones (excluding diaryl/α,β-unsaturated/α-hetero) is 1. The highest BCUT2D eigenvalue weighted by Crippen LogP contribution is 2.26. The first-order valence-corrected chi connectivity index (χ1v) is 6.89. The molecule has 3 aromatic rings. The van der Waals surface area contributed by atoms with Crippen molar-refractivity contribution in [2.24, 2.45) is 7.05 Å². The summed E-state index contributed by atoms with van der Waals surface area (Å²) in [5.74, 6) is 0.938. The minimum Gasteiger partial charge on any atom is -0.497 e. The van der Waals surface area contributed by atoms with Crippen LogP contribution in [0.3, 0.4) is 0 Å². The van der Waals surface area contributed by atoms with Gasteiger partial charge >= 0.3 is 0 Å². The van der Waals surface area contributed by atoms with Gasteiger partial charge in [0.25, 0.3) is 0 Å². The Hall–Kier alpha value is -2.55. The fourth-order valence-corrected chi connectivity index (χ4v) is 2.62. The number of carbonyl (C=O) groups is 1. The third kappa shape index (κ3) is 2.55. The molecule has 0 aliphatic carbocycles. The maximum atomic E-state index is 12.4. The summed E-state index contributed by atoms with van der Waals surface area (Å²) >= 11 is 0. The number of fused-ring (bicyclic) bond motifs is 1. The number of methoxy groups -OCH3 is 1. The zero-order valence-corrected chi connectivity index (χ0v) is 12.2. The van der Waals surface area contributed by atoms with Crippen molar-refractivity contribution in [3.63, 3.8) is 0 Å². The van der Waals surface area contributed by atoms with Crippen molar-refractivity contribution in [3.8, 4) is 5.75 Å². The molecular formula is C18H17NO2. The van der Waals surface area contributed by atoms with E-state index in [0.717, 1.165) is 27.8 Å². The second-order valence-corrected chi connectivity index (χ2v) is 5.11. The zero-order chi connectivity index (χ0) is 14.8. The smallest absolute Gasteiger partial charge is 0.167 e. The molecule has 21 heavy (non-hydrogen) atoms. The summed E-state index contributed by atoms with van der Waals surface area (Å²) in [6.45, 7) is 0. The van der Waals surface area contributed by atoms with E-state index in [1.54, 1.807) is 7.11 Å². The lowest BCUT2D eigenvalue weighted by Gasteiger charge is -2.02. The molecule has 3 rings (SSSR count). The van der Waals surface area contributed by atoms with Gasteiger partial charge in [-0.05, 0) is 23.8 Å². The molecule has 0 atom stereocenters. The van der Waals surface area contributed by atoms with Gasteiger partial charge in [-0.3, -0.25) is 4.79 Å². The fraction of sp³-hybridized carbons (Fsp3) is 0.167. The molecule has 1 heterocycles. The first-order chi connectivity index (χ1) is 10.2. The molecule has 0 radical (unpaired) electrons. The van der Waals surface area contributed by atoms with Crippen LogP contribution in [0.25, 0.3) is 10.9 Å². The standard InChI is InChI=1S/C18H17NO2/c1-19-12-14(10-18(20)13-6-4-3-5-7-13)16-11-15(21-2)8-9-17(16)19/h3-9,11-12H,10H2,1-2H3. The molecular weight excluding hydrogens is 262 g/mol. The first-order valence-electron chi connectivity index (χ1n) is 6.89. The number of hydrogen-bond donors (Lipinski definition) is 0. The van der Waals surface area contributed by atoms with Gasteiger partial charge < -0.3 is 9.30 Å². The highest BCUT2D eigenvalue weighted by Gasteiger charge is 2.12. The number of ether oxygens (including phenoxy) is 1. The van der Waals surface area contributed by atoms with Crippen LogP contribution in [0.15, 0.2) is 54.7 Å². The second-order valence-electron chi connectivity index (χ2n) is 5.11. The molecule has 0 fully saturated rings. The monoisotopic (exact) mass is 279 g/mol. The molecule has 0 amide bonds. The van der Waals surface area contributed by atoms with E-state index >= 15 is 0 Å². The lowest BCUT2D eigenvalue weighted by Crippen LogP contribution is -2.02. The van der Waals surface area contributed by atoms with Crippen molar-refractivity contribution >= 4 is 16.7 Å². The maximum Gasteiger partial charge on any atom is 0.167 e. The third-order valence-corrected chi connectivity index (χ3v) is 3.73. The van der Waals surface area contributed by atoms with Crippen LogP contribution in [0.2, 0.25) is 0 Å². The average Bonchev–Trinajstić information content (AvgIpc) is 2.83. The summed E-state index contributed by atoms with van der Waals surface area (Å²) in [5.41, 5.74) is 2.88. The zero-order valence-electron chi connectivity index (χ0n) is 12.2. The molecule has 3 heteroatoms. The number of rotatable bonds is 4. The van der Waals surface area contributed by atoms with Crippen molar-refractivity contribution < 1.29 is 9.53 Å². The summed E-state index contributed by atoms with van der Waals surface area (Å²) in [6, 6.07) is 15.3. The number of carbonyl (C=O) groups excluding carboxylic acids is 1. The van der Waals surface area contributed by atoms with E-state index in [1.807, 2.05) is 66.3 Å². The summed E-state index contributed by atoms with van der Waals surface area (Å²) in [5, 5.41) is 1.07. The molecule has 0 spiro atoms. The Bertz CT molecular complexity index is 788. The molecule has 0 saturated heterocycles. The lowest BCUT2D eigenvalue weighted by atomic mass is 10.0. The highest BCUT2D eigenvalue weighted by atomic mass is 16.5. The molecule has 3 nitrogen and oxygen atoms in total. The summed E-state index contributed by atoms with van der Waals surface area (Å²) in [6.07, 6.45) is 2.42. The van der Waals surface area contributed by atoms with Crippen LogP contribution in [0.4, 0.5) is 0 Å². The van der Waals surface area contributed by atoms with Crippen molar-refractivity contribution in [1.82, 2.24) is 4.57 Å². The van der Waals surface area contributed by atoms with E-state index in [1.165, 1.54) is 0 Å². The quantitative estimate of drug-likeness (QED) is 0.683. The molecule has 0 N–H and O–H groups in total. The van der Waals surface area contributed by atoms with Gasteiger partial charge in [0, 0.05) is 36.1 Å². The predicted octanol–water partition coefficient (Wildman–Crippen LogP) is 3.61. The third-order valence-electron chi connectivity index (χ3n) is 3.73. The van der Waals surface area contributed by atoms with Gasteiger partial charge in [-0.25, -0.2) is 0 Å². The molecule has 2 aromatic carbocycles. The Morgan fingerprint density at radius 2 is 1.90 bits per heavy atom. The van der Waals surface area contributed by atoms with Gasteiger partial charge in [0.1, 0.15) is 5.75 Å². The van der Waals surface area contributed by atoms with Gasteiger partial charge in [-0.2, -0.15) is 0 Å². The van der Waals surface area contributed by atoms with Crippen molar-refractivity contribution in [2.75, 3.05) is 7.11 Å². The first kappa shape index (κ1) is 13.4. The predicted molar refractivity (Wildman–Crippen MR) is 83.9 cm³/mol. The lowest BCUT2D eigenvalue weighted by molar-refractivity contribution is 0.0993. The number of aromatic nitrogens is 1. The van der Waals surface area contributed by atoms with Crippen molar-refractivity contribution in [3.05, 3.63) is 65.9 Å². The molecule has 0 unspecified atom stereocenters. The topological polar surface area (TPSA) is 31.2 Å². The highest BCUT2D eigenvalue weighted by molar-refractivity contribution is 6.00. The van der Waals surface area contributed by atoms with Crippen LogP contribution in [-0.2, 0) is 13.5 Å². The fourth-order valence-electron chi connectivity index (χ4n) is 2.62. The van der Waals surface area contributed by atoms with E-state index in [4.69, 9.17) is 4.74 Å². The van der Waals surface area contributed by atoms with E-state index in [9.17, 15) is 4.79 Å². The minimum absolute atomic E-state index is 0.130. The molecule has 1 aromatic heterocycles. The van der Waals surface area contributed by atoms with Crippen molar-refractivity contribution in [2.45, 2.75) is 6.42 Å². The Morgan fingerprint density at radius 1 is 1.14 bits per heavy atom.